The van der Waals surface area contributed by atoms with Crippen LogP contribution in [-0.4, -0.2) is 17.3 Å². The lowest BCUT2D eigenvalue weighted by Crippen LogP contribution is -2.44. The molecule has 108 valence electrons. The zero-order valence-electron chi connectivity index (χ0n) is 11.8. The number of rotatable bonds is 6. The van der Waals surface area contributed by atoms with Crippen molar-refractivity contribution in [2.45, 2.75) is 32.4 Å². The highest BCUT2D eigenvalue weighted by atomic mass is 19.1. The van der Waals surface area contributed by atoms with Crippen molar-refractivity contribution in [3.63, 3.8) is 0 Å². The highest BCUT2D eigenvalue weighted by Crippen LogP contribution is 2.22. The van der Waals surface area contributed by atoms with E-state index in [9.17, 15) is 9.50 Å². The molecule has 0 saturated carbocycles. The first kappa shape index (κ1) is 14.8. The van der Waals surface area contributed by atoms with Gasteiger partial charge in [-0.05, 0) is 49.7 Å². The first-order valence-electron chi connectivity index (χ1n) is 6.77. The van der Waals surface area contributed by atoms with Gasteiger partial charge in [0.25, 0.3) is 0 Å². The van der Waals surface area contributed by atoms with Gasteiger partial charge in [-0.3, -0.25) is 0 Å². The quantitative estimate of drug-likeness (QED) is 0.851. The molecule has 1 heterocycles. The molecular formula is C16H20FNO2. The average Bonchev–Trinajstić information content (AvgIpc) is 2.94. The molecule has 3 nitrogen and oxygen atoms in total. The molecule has 2 rings (SSSR count). The summed E-state index contributed by atoms with van der Waals surface area (Å²) < 4.78 is 18.6. The van der Waals surface area contributed by atoms with Crippen LogP contribution < -0.4 is 5.32 Å². The van der Waals surface area contributed by atoms with Crippen molar-refractivity contribution in [2.24, 2.45) is 0 Å². The summed E-state index contributed by atoms with van der Waals surface area (Å²) >= 11 is 0. The number of hydrogen-bond donors (Lipinski definition) is 2. The first-order valence-corrected chi connectivity index (χ1v) is 6.77. The Morgan fingerprint density at radius 2 is 1.90 bits per heavy atom. The van der Waals surface area contributed by atoms with E-state index in [1.165, 1.54) is 12.1 Å². The second-order valence-electron chi connectivity index (χ2n) is 5.20. The normalized spacial score (nSPS) is 14.2. The summed E-state index contributed by atoms with van der Waals surface area (Å²) in [5, 5.41) is 12.6. The Kier molecular flexibility index (Phi) is 4.57. The van der Waals surface area contributed by atoms with E-state index < -0.39 is 0 Å². The van der Waals surface area contributed by atoms with Crippen molar-refractivity contribution >= 4 is 0 Å². The third kappa shape index (κ3) is 3.46. The predicted octanol–water partition coefficient (Wildman–Crippen LogP) is 3.34. The molecule has 0 spiro atoms. The van der Waals surface area contributed by atoms with E-state index in [0.29, 0.717) is 12.3 Å². The minimum atomic E-state index is -0.303. The van der Waals surface area contributed by atoms with Gasteiger partial charge in [-0.1, -0.05) is 6.92 Å². The number of aliphatic hydroxyl groups excluding tert-OH is 1. The molecule has 0 fully saturated rings. The largest absolute Gasteiger partial charge is 0.460 e. The fraction of sp³-hybridized carbons (Fsp3) is 0.375. The number of nitrogens with one attached hydrogen (secondary N) is 1. The number of halogens is 1. The van der Waals surface area contributed by atoms with E-state index in [-0.39, 0.29) is 18.0 Å². The molecule has 0 bridgehead atoms. The molecule has 1 unspecified atom stereocenters. The van der Waals surface area contributed by atoms with Gasteiger partial charge in [-0.2, -0.15) is 0 Å². The number of aliphatic hydroxyl groups is 1. The van der Waals surface area contributed by atoms with Gasteiger partial charge in [0.05, 0.1) is 13.2 Å². The first-order chi connectivity index (χ1) is 9.56. The molecule has 0 amide bonds. The van der Waals surface area contributed by atoms with Crippen LogP contribution in [0.1, 0.15) is 26.0 Å². The van der Waals surface area contributed by atoms with Gasteiger partial charge in [0.1, 0.15) is 17.3 Å². The zero-order chi connectivity index (χ0) is 14.6. The molecule has 0 aliphatic rings. The zero-order valence-corrected chi connectivity index (χ0v) is 11.8. The Labute approximate surface area is 118 Å². The maximum Gasteiger partial charge on any atom is 0.134 e. The Morgan fingerprint density at radius 3 is 2.50 bits per heavy atom. The van der Waals surface area contributed by atoms with Crippen LogP contribution in [0.3, 0.4) is 0 Å². The van der Waals surface area contributed by atoms with Crippen LogP contribution in [0.4, 0.5) is 4.39 Å². The molecule has 0 aliphatic carbocycles. The van der Waals surface area contributed by atoms with E-state index in [1.54, 1.807) is 12.1 Å². The van der Waals surface area contributed by atoms with Crippen LogP contribution >= 0.6 is 0 Å². The Morgan fingerprint density at radius 1 is 1.20 bits per heavy atom. The fourth-order valence-corrected chi connectivity index (χ4v) is 1.84. The van der Waals surface area contributed by atoms with Crippen molar-refractivity contribution < 1.29 is 13.9 Å². The molecule has 1 aromatic carbocycles. The number of furan rings is 1. The lowest BCUT2D eigenvalue weighted by Gasteiger charge is -2.26. The third-order valence-electron chi connectivity index (χ3n) is 3.61. The predicted molar refractivity (Wildman–Crippen MR) is 76.7 cm³/mol. The highest BCUT2D eigenvalue weighted by molar-refractivity contribution is 5.57. The smallest absolute Gasteiger partial charge is 0.134 e. The van der Waals surface area contributed by atoms with Gasteiger partial charge >= 0.3 is 0 Å². The van der Waals surface area contributed by atoms with E-state index in [4.69, 9.17) is 4.42 Å². The molecule has 0 aliphatic heterocycles. The molecule has 20 heavy (non-hydrogen) atoms. The van der Waals surface area contributed by atoms with E-state index in [2.05, 4.69) is 5.32 Å². The third-order valence-corrected chi connectivity index (χ3v) is 3.61. The van der Waals surface area contributed by atoms with Crippen molar-refractivity contribution in [3.8, 4) is 11.3 Å². The van der Waals surface area contributed by atoms with Gasteiger partial charge in [0.2, 0.25) is 0 Å². The molecular weight excluding hydrogens is 257 g/mol. The minimum absolute atomic E-state index is 0.0784. The average molecular weight is 277 g/mol. The van der Waals surface area contributed by atoms with E-state index >= 15 is 0 Å². The Balaban J connectivity index is 2.04. The Hall–Kier alpha value is -1.65. The standard InChI is InChI=1S/C16H20FNO2/c1-3-16(2,11-19)18-10-14-8-9-15(20-14)12-4-6-13(17)7-5-12/h4-9,18-19H,3,10-11H2,1-2H3. The molecule has 0 radical (unpaired) electrons. The molecule has 1 atom stereocenters. The maximum absolute atomic E-state index is 12.9. The van der Waals surface area contributed by atoms with E-state index in [1.807, 2.05) is 26.0 Å². The van der Waals surface area contributed by atoms with Crippen molar-refractivity contribution in [1.82, 2.24) is 5.32 Å². The molecule has 2 aromatic rings. The van der Waals surface area contributed by atoms with Crippen LogP contribution in [0.5, 0.6) is 0 Å². The summed E-state index contributed by atoms with van der Waals surface area (Å²) in [7, 11) is 0. The second kappa shape index (κ2) is 6.20. The van der Waals surface area contributed by atoms with Gasteiger partial charge in [0, 0.05) is 11.1 Å². The van der Waals surface area contributed by atoms with Crippen LogP contribution in [-0.2, 0) is 6.54 Å². The van der Waals surface area contributed by atoms with Crippen LogP contribution in [0.15, 0.2) is 40.8 Å². The van der Waals surface area contributed by atoms with Crippen molar-refractivity contribution in [2.75, 3.05) is 6.61 Å². The summed E-state index contributed by atoms with van der Waals surface area (Å²) in [5.41, 5.74) is 0.543. The molecule has 0 saturated heterocycles. The fourth-order valence-electron chi connectivity index (χ4n) is 1.84. The van der Waals surface area contributed by atoms with Crippen LogP contribution in [0.2, 0.25) is 0 Å². The number of benzene rings is 1. The van der Waals surface area contributed by atoms with Gasteiger partial charge in [-0.25, -0.2) is 4.39 Å². The van der Waals surface area contributed by atoms with Crippen molar-refractivity contribution in [3.05, 3.63) is 48.0 Å². The highest BCUT2D eigenvalue weighted by Gasteiger charge is 2.20. The summed E-state index contributed by atoms with van der Waals surface area (Å²) in [5.74, 6) is 1.24. The number of hydrogen-bond acceptors (Lipinski definition) is 3. The molecule has 4 heteroatoms. The van der Waals surface area contributed by atoms with Gasteiger partial charge in [0.15, 0.2) is 0 Å². The lowest BCUT2D eigenvalue weighted by atomic mass is 10.0. The molecule has 1 aromatic heterocycles. The molecule has 2 N–H and O–H groups in total. The van der Waals surface area contributed by atoms with Gasteiger partial charge in [-0.15, -0.1) is 0 Å². The summed E-state index contributed by atoms with van der Waals surface area (Å²) in [6, 6.07) is 9.96. The summed E-state index contributed by atoms with van der Waals surface area (Å²) in [6.07, 6.45) is 0.828. The second-order valence-corrected chi connectivity index (χ2v) is 5.20. The van der Waals surface area contributed by atoms with Crippen LogP contribution in [0.25, 0.3) is 11.3 Å². The van der Waals surface area contributed by atoms with Crippen LogP contribution in [0, 0.1) is 5.82 Å². The monoisotopic (exact) mass is 277 g/mol. The minimum Gasteiger partial charge on any atom is -0.460 e. The lowest BCUT2D eigenvalue weighted by molar-refractivity contribution is 0.166. The van der Waals surface area contributed by atoms with Gasteiger partial charge < -0.3 is 14.8 Å². The van der Waals surface area contributed by atoms with E-state index in [0.717, 1.165) is 17.7 Å². The summed E-state index contributed by atoms with van der Waals surface area (Å²) in [4.78, 5) is 0. The topological polar surface area (TPSA) is 45.4 Å². The van der Waals surface area contributed by atoms with Crippen molar-refractivity contribution in [1.29, 1.82) is 0 Å². The Bertz CT molecular complexity index is 544. The summed E-state index contributed by atoms with van der Waals surface area (Å²) in [6.45, 7) is 4.62. The SMILES string of the molecule is CCC(C)(CO)NCc1ccc(-c2ccc(F)cc2)o1. The maximum atomic E-state index is 12.9.